The molecule has 1 amide bonds. The van der Waals surface area contributed by atoms with Gasteiger partial charge >= 0.3 is 0 Å². The lowest BCUT2D eigenvalue weighted by atomic mass is 10.2. The van der Waals surface area contributed by atoms with Crippen LogP contribution >= 0.6 is 0 Å². The monoisotopic (exact) mass is 198 g/mol. The SMILES string of the molecule is CNC(=O)/C=C/CCCCCN(C)C. The highest BCUT2D eigenvalue weighted by atomic mass is 16.1. The summed E-state index contributed by atoms with van der Waals surface area (Å²) < 4.78 is 0. The van der Waals surface area contributed by atoms with Gasteiger partial charge in [-0.2, -0.15) is 0 Å². The molecular weight excluding hydrogens is 176 g/mol. The van der Waals surface area contributed by atoms with Gasteiger partial charge < -0.3 is 10.2 Å². The van der Waals surface area contributed by atoms with Crippen LogP contribution in [0.5, 0.6) is 0 Å². The van der Waals surface area contributed by atoms with Crippen molar-refractivity contribution < 1.29 is 4.79 Å². The van der Waals surface area contributed by atoms with Crippen LogP contribution in [0.25, 0.3) is 0 Å². The van der Waals surface area contributed by atoms with E-state index in [2.05, 4.69) is 24.3 Å². The zero-order valence-electron chi connectivity index (χ0n) is 9.55. The van der Waals surface area contributed by atoms with Gasteiger partial charge in [0, 0.05) is 7.05 Å². The maximum Gasteiger partial charge on any atom is 0.243 e. The molecule has 0 radical (unpaired) electrons. The summed E-state index contributed by atoms with van der Waals surface area (Å²) in [6.07, 6.45) is 8.18. The molecule has 0 fully saturated rings. The highest BCUT2D eigenvalue weighted by molar-refractivity contribution is 5.87. The fourth-order valence-electron chi connectivity index (χ4n) is 1.14. The third-order valence-corrected chi connectivity index (χ3v) is 1.99. The first-order valence-corrected chi connectivity index (χ1v) is 5.20. The number of unbranched alkanes of at least 4 members (excludes halogenated alkanes) is 3. The van der Waals surface area contributed by atoms with Crippen molar-refractivity contribution in [1.29, 1.82) is 0 Å². The topological polar surface area (TPSA) is 32.3 Å². The summed E-state index contributed by atoms with van der Waals surface area (Å²) in [6.45, 7) is 1.15. The van der Waals surface area contributed by atoms with Crippen LogP contribution < -0.4 is 5.32 Å². The molecule has 0 aromatic rings. The Labute approximate surface area is 87.2 Å². The van der Waals surface area contributed by atoms with Crippen molar-refractivity contribution in [3.8, 4) is 0 Å². The van der Waals surface area contributed by atoms with Gasteiger partial charge in [-0.1, -0.05) is 12.5 Å². The Morgan fingerprint density at radius 2 is 2.00 bits per heavy atom. The van der Waals surface area contributed by atoms with E-state index in [-0.39, 0.29) is 5.91 Å². The zero-order chi connectivity index (χ0) is 10.8. The molecule has 1 N–H and O–H groups in total. The van der Waals surface area contributed by atoms with Gasteiger partial charge in [-0.05, 0) is 46.0 Å². The molecule has 0 atom stereocenters. The normalized spacial score (nSPS) is 11.1. The Morgan fingerprint density at radius 3 is 2.57 bits per heavy atom. The lowest BCUT2D eigenvalue weighted by Gasteiger charge is -2.07. The summed E-state index contributed by atoms with van der Waals surface area (Å²) in [5, 5.41) is 2.55. The van der Waals surface area contributed by atoms with Crippen LogP contribution in [0.2, 0.25) is 0 Å². The first-order valence-electron chi connectivity index (χ1n) is 5.20. The molecule has 0 aromatic heterocycles. The van der Waals surface area contributed by atoms with Gasteiger partial charge in [0.1, 0.15) is 0 Å². The number of nitrogens with one attached hydrogen (secondary N) is 1. The largest absolute Gasteiger partial charge is 0.356 e. The number of hydrogen-bond acceptors (Lipinski definition) is 2. The molecule has 82 valence electrons. The van der Waals surface area contributed by atoms with Gasteiger partial charge in [-0.25, -0.2) is 0 Å². The number of nitrogens with zero attached hydrogens (tertiary/aromatic N) is 1. The number of rotatable bonds is 7. The van der Waals surface area contributed by atoms with Crippen LogP contribution in [0.3, 0.4) is 0 Å². The number of allylic oxidation sites excluding steroid dienone is 1. The van der Waals surface area contributed by atoms with E-state index in [4.69, 9.17) is 0 Å². The molecule has 0 aliphatic carbocycles. The third-order valence-electron chi connectivity index (χ3n) is 1.99. The van der Waals surface area contributed by atoms with Gasteiger partial charge in [-0.15, -0.1) is 0 Å². The first kappa shape index (κ1) is 13.2. The molecule has 0 saturated carbocycles. The molecule has 14 heavy (non-hydrogen) atoms. The Balaban J connectivity index is 3.21. The number of hydrogen-bond donors (Lipinski definition) is 1. The second-order valence-corrected chi connectivity index (χ2v) is 3.67. The molecule has 0 spiro atoms. The summed E-state index contributed by atoms with van der Waals surface area (Å²) in [7, 11) is 5.82. The van der Waals surface area contributed by atoms with E-state index in [0.29, 0.717) is 0 Å². The fourth-order valence-corrected chi connectivity index (χ4v) is 1.14. The quantitative estimate of drug-likeness (QED) is 0.495. The molecular formula is C11H22N2O. The molecule has 0 aliphatic rings. The van der Waals surface area contributed by atoms with E-state index in [9.17, 15) is 4.79 Å². The Kier molecular flexibility index (Phi) is 8.24. The van der Waals surface area contributed by atoms with Crippen molar-refractivity contribution in [3.05, 3.63) is 12.2 Å². The van der Waals surface area contributed by atoms with Crippen molar-refractivity contribution in [2.45, 2.75) is 25.7 Å². The summed E-state index contributed by atoms with van der Waals surface area (Å²) >= 11 is 0. The molecule has 3 nitrogen and oxygen atoms in total. The van der Waals surface area contributed by atoms with Gasteiger partial charge in [0.25, 0.3) is 0 Å². The number of likely N-dealkylation sites (N-methyl/N-ethyl adjacent to an activating group) is 1. The lowest BCUT2D eigenvalue weighted by molar-refractivity contribution is -0.116. The average Bonchev–Trinajstić information content (AvgIpc) is 2.15. The maximum absolute atomic E-state index is 10.8. The van der Waals surface area contributed by atoms with Gasteiger partial charge in [0.2, 0.25) is 5.91 Å². The summed E-state index contributed by atoms with van der Waals surface area (Å²) in [5.74, 6) is -0.0155. The van der Waals surface area contributed by atoms with Crippen LogP contribution in [0, 0.1) is 0 Å². The third kappa shape index (κ3) is 9.26. The Morgan fingerprint density at radius 1 is 1.29 bits per heavy atom. The molecule has 0 unspecified atom stereocenters. The molecule has 0 aromatic carbocycles. The van der Waals surface area contributed by atoms with Crippen LogP contribution in [0.4, 0.5) is 0 Å². The molecule has 0 bridgehead atoms. The molecule has 0 heterocycles. The summed E-state index contributed by atoms with van der Waals surface area (Å²) in [4.78, 5) is 13.0. The second-order valence-electron chi connectivity index (χ2n) is 3.67. The second kappa shape index (κ2) is 8.75. The van der Waals surface area contributed by atoms with Crippen molar-refractivity contribution in [3.63, 3.8) is 0 Å². The van der Waals surface area contributed by atoms with Crippen LogP contribution in [-0.4, -0.2) is 38.5 Å². The summed E-state index contributed by atoms with van der Waals surface area (Å²) in [5.41, 5.74) is 0. The minimum absolute atomic E-state index is 0.0155. The highest BCUT2D eigenvalue weighted by Gasteiger charge is 1.91. The van der Waals surface area contributed by atoms with E-state index in [1.807, 2.05) is 6.08 Å². The van der Waals surface area contributed by atoms with Crippen molar-refractivity contribution in [2.75, 3.05) is 27.7 Å². The van der Waals surface area contributed by atoms with Crippen molar-refractivity contribution in [1.82, 2.24) is 10.2 Å². The smallest absolute Gasteiger partial charge is 0.243 e. The van der Waals surface area contributed by atoms with Gasteiger partial charge in [0.05, 0.1) is 0 Å². The number of carbonyl (C=O) groups excluding carboxylic acids is 1. The molecule has 3 heteroatoms. The van der Waals surface area contributed by atoms with E-state index in [0.717, 1.165) is 13.0 Å². The van der Waals surface area contributed by atoms with E-state index < -0.39 is 0 Å². The van der Waals surface area contributed by atoms with Gasteiger partial charge in [0.15, 0.2) is 0 Å². The number of amides is 1. The fraction of sp³-hybridized carbons (Fsp3) is 0.727. The average molecular weight is 198 g/mol. The Hall–Kier alpha value is -0.830. The minimum atomic E-state index is -0.0155. The van der Waals surface area contributed by atoms with E-state index in [1.54, 1.807) is 13.1 Å². The minimum Gasteiger partial charge on any atom is -0.356 e. The van der Waals surface area contributed by atoms with Gasteiger partial charge in [-0.3, -0.25) is 4.79 Å². The highest BCUT2D eigenvalue weighted by Crippen LogP contribution is 2.00. The molecule has 0 rings (SSSR count). The predicted octanol–water partition coefficient (Wildman–Crippen LogP) is 1.41. The maximum atomic E-state index is 10.8. The van der Waals surface area contributed by atoms with Crippen LogP contribution in [-0.2, 0) is 4.79 Å². The number of carbonyl (C=O) groups is 1. The lowest BCUT2D eigenvalue weighted by Crippen LogP contribution is -2.13. The Bertz CT molecular complexity index is 176. The summed E-state index contributed by atoms with van der Waals surface area (Å²) in [6, 6.07) is 0. The predicted molar refractivity (Wildman–Crippen MR) is 60.2 cm³/mol. The van der Waals surface area contributed by atoms with Crippen LogP contribution in [0.15, 0.2) is 12.2 Å². The van der Waals surface area contributed by atoms with E-state index >= 15 is 0 Å². The van der Waals surface area contributed by atoms with Crippen molar-refractivity contribution >= 4 is 5.91 Å². The molecule has 0 aliphatic heterocycles. The van der Waals surface area contributed by atoms with Crippen molar-refractivity contribution in [2.24, 2.45) is 0 Å². The van der Waals surface area contributed by atoms with Crippen LogP contribution in [0.1, 0.15) is 25.7 Å². The van der Waals surface area contributed by atoms with E-state index in [1.165, 1.54) is 19.3 Å². The first-order chi connectivity index (χ1) is 6.66. The standard InChI is InChI=1S/C11H22N2O/c1-12-11(14)9-7-5-4-6-8-10-13(2)3/h7,9H,4-6,8,10H2,1-3H3,(H,12,14)/b9-7+. The molecule has 0 saturated heterocycles. The zero-order valence-corrected chi connectivity index (χ0v) is 9.55.